The summed E-state index contributed by atoms with van der Waals surface area (Å²) in [5.74, 6) is -0.177. The molecule has 0 amide bonds. The molecule has 1 aliphatic carbocycles. The Hall–Kier alpha value is -0.610. The van der Waals surface area contributed by atoms with E-state index in [1.54, 1.807) is 0 Å². The molecule has 3 rings (SSSR count). The topological polar surface area (TPSA) is 58.6 Å². The van der Waals surface area contributed by atoms with Crippen LogP contribution in [0.1, 0.15) is 45.4 Å². The van der Waals surface area contributed by atoms with Crippen molar-refractivity contribution in [2.45, 2.75) is 63.1 Å². The second-order valence-corrected chi connectivity index (χ2v) is 5.88. The molecule has 2 atom stereocenters. The van der Waals surface area contributed by atoms with E-state index in [9.17, 15) is 9.90 Å². The molecule has 2 saturated heterocycles. The molecule has 1 saturated carbocycles. The molecule has 3 fully saturated rings. The van der Waals surface area contributed by atoms with Crippen LogP contribution in [-0.4, -0.2) is 35.4 Å². The first-order chi connectivity index (χ1) is 8.10. The Morgan fingerprint density at radius 2 is 1.94 bits per heavy atom. The number of hydrogen-bond acceptors (Lipinski definition) is 4. The second kappa shape index (κ2) is 3.69. The number of hydrogen-bond donors (Lipinski definition) is 2. The lowest BCUT2D eigenvalue weighted by Gasteiger charge is -2.42. The van der Waals surface area contributed by atoms with Gasteiger partial charge in [0.15, 0.2) is 0 Å². The number of piperidine rings is 1. The highest BCUT2D eigenvalue weighted by atomic mass is 16.5. The third-order valence-corrected chi connectivity index (χ3v) is 4.81. The van der Waals surface area contributed by atoms with Gasteiger partial charge < -0.3 is 15.2 Å². The maximum absolute atomic E-state index is 12.1. The van der Waals surface area contributed by atoms with Gasteiger partial charge in [0.2, 0.25) is 0 Å². The quantitative estimate of drug-likeness (QED) is 0.721. The zero-order valence-corrected chi connectivity index (χ0v) is 10.4. The number of esters is 1. The van der Waals surface area contributed by atoms with Crippen LogP contribution >= 0.6 is 0 Å². The number of carbonyl (C=O) groups is 1. The SMILES string of the molecule is CCOC(=O)C1(C2(O)CC3CCC(C2)N3)CC1. The maximum atomic E-state index is 12.1. The van der Waals surface area contributed by atoms with E-state index in [0.29, 0.717) is 31.5 Å². The number of fused-ring (bicyclic) bond motifs is 2. The van der Waals surface area contributed by atoms with Crippen molar-refractivity contribution in [3.63, 3.8) is 0 Å². The van der Waals surface area contributed by atoms with Crippen molar-refractivity contribution in [3.05, 3.63) is 0 Å². The van der Waals surface area contributed by atoms with Crippen LogP contribution in [0.15, 0.2) is 0 Å². The van der Waals surface area contributed by atoms with E-state index in [4.69, 9.17) is 4.74 Å². The number of carbonyl (C=O) groups excluding carboxylic acids is 1. The Morgan fingerprint density at radius 1 is 1.35 bits per heavy atom. The summed E-state index contributed by atoms with van der Waals surface area (Å²) in [6.07, 6.45) is 5.27. The van der Waals surface area contributed by atoms with Gasteiger partial charge in [-0.25, -0.2) is 0 Å². The fourth-order valence-corrected chi connectivity index (χ4v) is 3.77. The monoisotopic (exact) mass is 239 g/mol. The van der Waals surface area contributed by atoms with Crippen molar-refractivity contribution in [2.75, 3.05) is 6.61 Å². The van der Waals surface area contributed by atoms with Gasteiger partial charge in [-0.05, 0) is 45.4 Å². The van der Waals surface area contributed by atoms with Crippen LogP contribution in [0.3, 0.4) is 0 Å². The summed E-state index contributed by atoms with van der Waals surface area (Å²) in [6, 6.07) is 0.788. The lowest BCUT2D eigenvalue weighted by atomic mass is 9.74. The van der Waals surface area contributed by atoms with Crippen molar-refractivity contribution in [3.8, 4) is 0 Å². The summed E-state index contributed by atoms with van der Waals surface area (Å²) < 4.78 is 5.16. The standard InChI is InChI=1S/C13H21NO3/c1-2-17-11(15)12(5-6-12)13(16)7-9-3-4-10(8-13)14-9/h9-10,14,16H,2-8H2,1H3. The molecule has 0 radical (unpaired) electrons. The summed E-state index contributed by atoms with van der Waals surface area (Å²) in [4.78, 5) is 12.1. The van der Waals surface area contributed by atoms with Crippen LogP contribution in [0.25, 0.3) is 0 Å². The smallest absolute Gasteiger partial charge is 0.315 e. The minimum absolute atomic E-state index is 0.177. The van der Waals surface area contributed by atoms with Crippen molar-refractivity contribution in [1.82, 2.24) is 5.32 Å². The number of nitrogens with one attached hydrogen (secondary N) is 1. The van der Waals surface area contributed by atoms with Gasteiger partial charge in [-0.2, -0.15) is 0 Å². The Morgan fingerprint density at radius 3 is 2.41 bits per heavy atom. The number of ether oxygens (including phenoxy) is 1. The normalized spacial score (nSPS) is 42.2. The van der Waals surface area contributed by atoms with E-state index in [0.717, 1.165) is 25.7 Å². The summed E-state index contributed by atoms with van der Waals surface area (Å²) in [5, 5.41) is 14.4. The van der Waals surface area contributed by atoms with E-state index in [1.165, 1.54) is 0 Å². The molecule has 0 aromatic rings. The van der Waals surface area contributed by atoms with Gasteiger partial charge in [-0.15, -0.1) is 0 Å². The maximum Gasteiger partial charge on any atom is 0.315 e. The van der Waals surface area contributed by atoms with Gasteiger partial charge in [0.1, 0.15) is 0 Å². The van der Waals surface area contributed by atoms with Crippen LogP contribution in [0.5, 0.6) is 0 Å². The third kappa shape index (κ3) is 1.61. The molecule has 17 heavy (non-hydrogen) atoms. The molecule has 0 aromatic carbocycles. The Balaban J connectivity index is 1.81. The van der Waals surface area contributed by atoms with Crippen LogP contribution in [-0.2, 0) is 9.53 Å². The molecule has 4 nitrogen and oxygen atoms in total. The minimum Gasteiger partial charge on any atom is -0.465 e. The van der Waals surface area contributed by atoms with Gasteiger partial charge in [-0.1, -0.05) is 0 Å². The Bertz CT molecular complexity index is 326. The predicted octanol–water partition coefficient (Wildman–Crippen LogP) is 0.975. The lowest BCUT2D eigenvalue weighted by Crippen LogP contribution is -2.55. The molecule has 2 unspecified atom stereocenters. The van der Waals surface area contributed by atoms with Gasteiger partial charge in [-0.3, -0.25) is 4.79 Å². The van der Waals surface area contributed by atoms with Crippen LogP contribution in [0.2, 0.25) is 0 Å². The highest BCUT2D eigenvalue weighted by molar-refractivity contribution is 5.81. The highest BCUT2D eigenvalue weighted by Crippen LogP contribution is 2.60. The van der Waals surface area contributed by atoms with Crippen LogP contribution in [0, 0.1) is 5.41 Å². The fourth-order valence-electron chi connectivity index (χ4n) is 3.77. The zero-order valence-electron chi connectivity index (χ0n) is 10.4. The molecule has 96 valence electrons. The Kier molecular flexibility index (Phi) is 2.49. The molecular weight excluding hydrogens is 218 g/mol. The van der Waals surface area contributed by atoms with Gasteiger partial charge in [0.25, 0.3) is 0 Å². The second-order valence-electron chi connectivity index (χ2n) is 5.88. The van der Waals surface area contributed by atoms with Gasteiger partial charge >= 0.3 is 5.97 Å². The fraction of sp³-hybridized carbons (Fsp3) is 0.923. The first-order valence-corrected chi connectivity index (χ1v) is 6.75. The highest BCUT2D eigenvalue weighted by Gasteiger charge is 2.67. The van der Waals surface area contributed by atoms with Crippen molar-refractivity contribution < 1.29 is 14.6 Å². The first kappa shape index (κ1) is 11.5. The van der Waals surface area contributed by atoms with Crippen molar-refractivity contribution in [2.24, 2.45) is 5.41 Å². The van der Waals surface area contributed by atoms with E-state index in [-0.39, 0.29) is 5.97 Å². The van der Waals surface area contributed by atoms with E-state index in [1.807, 2.05) is 6.92 Å². The average molecular weight is 239 g/mol. The Labute approximate surface area is 102 Å². The van der Waals surface area contributed by atoms with Crippen LogP contribution in [0.4, 0.5) is 0 Å². The largest absolute Gasteiger partial charge is 0.465 e. The summed E-state index contributed by atoms with van der Waals surface area (Å²) >= 11 is 0. The minimum atomic E-state index is -0.823. The molecule has 3 aliphatic rings. The van der Waals surface area contributed by atoms with Crippen molar-refractivity contribution >= 4 is 5.97 Å². The van der Waals surface area contributed by atoms with Gasteiger partial charge in [0, 0.05) is 12.1 Å². The predicted molar refractivity (Wildman–Crippen MR) is 62.4 cm³/mol. The molecule has 0 spiro atoms. The molecule has 2 heterocycles. The van der Waals surface area contributed by atoms with Crippen molar-refractivity contribution in [1.29, 1.82) is 0 Å². The summed E-state index contributed by atoms with van der Waals surface area (Å²) in [5.41, 5.74) is -1.40. The van der Waals surface area contributed by atoms with Gasteiger partial charge in [0.05, 0.1) is 17.6 Å². The summed E-state index contributed by atoms with van der Waals surface area (Å²) in [7, 11) is 0. The van der Waals surface area contributed by atoms with E-state index in [2.05, 4.69) is 5.32 Å². The molecule has 2 aliphatic heterocycles. The number of rotatable bonds is 3. The molecule has 2 bridgehead atoms. The average Bonchev–Trinajstić information content (AvgIpc) is 3.02. The molecule has 4 heteroatoms. The van der Waals surface area contributed by atoms with E-state index < -0.39 is 11.0 Å². The molecule has 2 N–H and O–H groups in total. The molecule has 0 aromatic heterocycles. The van der Waals surface area contributed by atoms with E-state index >= 15 is 0 Å². The number of aliphatic hydroxyl groups is 1. The third-order valence-electron chi connectivity index (χ3n) is 4.81. The first-order valence-electron chi connectivity index (χ1n) is 6.75. The summed E-state index contributed by atoms with van der Waals surface area (Å²) in [6.45, 7) is 2.23. The van der Waals surface area contributed by atoms with Crippen LogP contribution < -0.4 is 5.32 Å². The zero-order chi connectivity index (χ0) is 12.1. The molecular formula is C13H21NO3. The lowest BCUT2D eigenvalue weighted by molar-refractivity contribution is -0.166.